The third-order valence-corrected chi connectivity index (χ3v) is 5.90. The zero-order valence-corrected chi connectivity index (χ0v) is 16.4. The van der Waals surface area contributed by atoms with Gasteiger partial charge >= 0.3 is 0 Å². The van der Waals surface area contributed by atoms with Crippen LogP contribution in [-0.2, 0) is 9.59 Å². The van der Waals surface area contributed by atoms with Gasteiger partial charge in [-0.05, 0) is 43.5 Å². The summed E-state index contributed by atoms with van der Waals surface area (Å²) < 4.78 is 5.23. The molecule has 3 rings (SSSR count). The van der Waals surface area contributed by atoms with Crippen molar-refractivity contribution in [2.75, 3.05) is 46.9 Å². The van der Waals surface area contributed by atoms with Crippen LogP contribution >= 0.6 is 0 Å². The van der Waals surface area contributed by atoms with E-state index in [1.54, 1.807) is 7.11 Å². The predicted octanol–water partition coefficient (Wildman–Crippen LogP) is 1.86. The number of carbonyl (C=O) groups is 2. The third-order valence-electron chi connectivity index (χ3n) is 5.90. The Bertz CT molecular complexity index is 633. The quantitative estimate of drug-likeness (QED) is 0.827. The molecule has 6 heteroatoms. The van der Waals surface area contributed by atoms with E-state index in [9.17, 15) is 9.59 Å². The number of ether oxygens (including phenoxy) is 1. The first kappa shape index (κ1) is 19.7. The molecule has 2 aliphatic rings. The summed E-state index contributed by atoms with van der Waals surface area (Å²) >= 11 is 0. The zero-order chi connectivity index (χ0) is 19.2. The lowest BCUT2D eigenvalue weighted by atomic mass is 9.84. The summed E-state index contributed by atoms with van der Waals surface area (Å²) in [4.78, 5) is 29.5. The number of amides is 2. The molecule has 1 aliphatic carbocycles. The van der Waals surface area contributed by atoms with E-state index in [4.69, 9.17) is 4.74 Å². The molecule has 27 heavy (non-hydrogen) atoms. The van der Waals surface area contributed by atoms with Crippen molar-refractivity contribution < 1.29 is 14.3 Å². The van der Waals surface area contributed by atoms with Crippen molar-refractivity contribution in [2.45, 2.75) is 31.6 Å². The molecule has 1 atom stereocenters. The van der Waals surface area contributed by atoms with Gasteiger partial charge in [0.25, 0.3) is 0 Å². The fourth-order valence-corrected chi connectivity index (χ4v) is 4.18. The van der Waals surface area contributed by atoms with E-state index in [-0.39, 0.29) is 24.3 Å². The van der Waals surface area contributed by atoms with E-state index in [0.717, 1.165) is 50.3 Å². The van der Waals surface area contributed by atoms with Crippen LogP contribution in [0.5, 0.6) is 5.75 Å². The number of methoxy groups -OCH3 is 1. The Labute approximate surface area is 161 Å². The highest BCUT2D eigenvalue weighted by molar-refractivity contribution is 5.88. The zero-order valence-electron chi connectivity index (χ0n) is 16.4. The topological polar surface area (TPSA) is 61.9 Å². The molecule has 1 aromatic carbocycles. The van der Waals surface area contributed by atoms with Gasteiger partial charge in [0.1, 0.15) is 5.75 Å². The van der Waals surface area contributed by atoms with Crippen molar-refractivity contribution in [3.63, 3.8) is 0 Å². The average Bonchev–Trinajstić information content (AvgIpc) is 3.21. The normalized spacial score (nSPS) is 19.7. The van der Waals surface area contributed by atoms with Crippen LogP contribution in [-0.4, -0.2) is 68.5 Å². The maximum Gasteiger partial charge on any atom is 0.242 e. The van der Waals surface area contributed by atoms with Gasteiger partial charge in [-0.15, -0.1) is 0 Å². The Morgan fingerprint density at radius 1 is 1.11 bits per heavy atom. The molecule has 1 unspecified atom stereocenters. The molecule has 0 aromatic heterocycles. The van der Waals surface area contributed by atoms with Gasteiger partial charge in [0.15, 0.2) is 0 Å². The molecule has 0 radical (unpaired) electrons. The minimum atomic E-state index is -0.196. The highest BCUT2D eigenvalue weighted by Crippen LogP contribution is 2.38. The second-order valence-electron chi connectivity index (χ2n) is 7.70. The van der Waals surface area contributed by atoms with Crippen molar-refractivity contribution in [1.82, 2.24) is 15.1 Å². The highest BCUT2D eigenvalue weighted by Gasteiger charge is 2.32. The van der Waals surface area contributed by atoms with Crippen LogP contribution in [0.25, 0.3) is 0 Å². The lowest BCUT2D eigenvalue weighted by Crippen LogP contribution is -2.50. The molecule has 1 saturated carbocycles. The second-order valence-corrected chi connectivity index (χ2v) is 7.70. The van der Waals surface area contributed by atoms with Crippen molar-refractivity contribution in [3.8, 4) is 5.75 Å². The Morgan fingerprint density at radius 2 is 1.74 bits per heavy atom. The van der Waals surface area contributed by atoms with Crippen LogP contribution < -0.4 is 10.1 Å². The number of hydrogen-bond donors (Lipinski definition) is 1. The van der Waals surface area contributed by atoms with Crippen molar-refractivity contribution in [1.29, 1.82) is 0 Å². The van der Waals surface area contributed by atoms with Crippen LogP contribution in [0.4, 0.5) is 0 Å². The number of hydrogen-bond acceptors (Lipinski definition) is 4. The minimum Gasteiger partial charge on any atom is -0.497 e. The summed E-state index contributed by atoms with van der Waals surface area (Å²) in [5.41, 5.74) is 1.01. The van der Waals surface area contributed by atoms with E-state index < -0.39 is 0 Å². The first-order valence-electron chi connectivity index (χ1n) is 9.96. The number of benzene rings is 1. The molecule has 0 bridgehead atoms. The number of carbonyl (C=O) groups excluding carboxylic acids is 2. The molecule has 1 N–H and O–H groups in total. The monoisotopic (exact) mass is 373 g/mol. The number of piperazine rings is 1. The number of likely N-dealkylation sites (N-methyl/N-ethyl adjacent to an activating group) is 1. The molecule has 2 amide bonds. The first-order chi connectivity index (χ1) is 13.1. The SMILES string of the molecule is COc1ccc(C(C(=O)NCC(=O)N2CCN(C)CC2)C2CCCC2)cc1. The van der Waals surface area contributed by atoms with E-state index >= 15 is 0 Å². The summed E-state index contributed by atoms with van der Waals surface area (Å²) in [6.45, 7) is 3.32. The van der Waals surface area contributed by atoms with Crippen LogP contribution in [0.15, 0.2) is 24.3 Å². The van der Waals surface area contributed by atoms with Crippen molar-refractivity contribution in [2.24, 2.45) is 5.92 Å². The molecule has 1 aromatic rings. The summed E-state index contributed by atoms with van der Waals surface area (Å²) in [6, 6.07) is 7.76. The fourth-order valence-electron chi connectivity index (χ4n) is 4.18. The standard InChI is InChI=1S/C21H31N3O3/c1-23-11-13-24(14-12-23)19(25)15-22-21(26)20(16-5-3-4-6-16)17-7-9-18(27-2)10-8-17/h7-10,16,20H,3-6,11-15H2,1-2H3,(H,22,26). The smallest absolute Gasteiger partial charge is 0.242 e. The number of nitrogens with zero attached hydrogens (tertiary/aromatic N) is 2. The van der Waals surface area contributed by atoms with Crippen LogP contribution in [0, 0.1) is 5.92 Å². The Balaban J connectivity index is 1.63. The van der Waals surface area contributed by atoms with Gasteiger partial charge in [-0.25, -0.2) is 0 Å². The van der Waals surface area contributed by atoms with Gasteiger partial charge in [-0.3, -0.25) is 9.59 Å². The van der Waals surface area contributed by atoms with Crippen molar-refractivity contribution in [3.05, 3.63) is 29.8 Å². The molecule has 1 saturated heterocycles. The number of nitrogens with one attached hydrogen (secondary N) is 1. The summed E-state index contributed by atoms with van der Waals surface area (Å²) in [5, 5.41) is 2.92. The minimum absolute atomic E-state index is 0.0105. The molecular formula is C21H31N3O3. The van der Waals surface area contributed by atoms with E-state index in [1.165, 1.54) is 12.8 Å². The van der Waals surface area contributed by atoms with Gasteiger partial charge in [-0.2, -0.15) is 0 Å². The molecule has 1 aliphatic heterocycles. The summed E-state index contributed by atoms with van der Waals surface area (Å²) in [7, 11) is 3.70. The molecule has 6 nitrogen and oxygen atoms in total. The first-order valence-corrected chi connectivity index (χ1v) is 9.96. The summed E-state index contributed by atoms with van der Waals surface area (Å²) in [6.07, 6.45) is 4.47. The van der Waals surface area contributed by atoms with E-state index in [0.29, 0.717) is 5.92 Å². The largest absolute Gasteiger partial charge is 0.497 e. The average molecular weight is 373 g/mol. The predicted molar refractivity (Wildman–Crippen MR) is 105 cm³/mol. The van der Waals surface area contributed by atoms with Crippen LogP contribution in [0.2, 0.25) is 0 Å². The van der Waals surface area contributed by atoms with Gasteiger partial charge in [0.05, 0.1) is 19.6 Å². The second kappa shape index (κ2) is 9.22. The maximum absolute atomic E-state index is 13.0. The molecule has 148 valence electrons. The van der Waals surface area contributed by atoms with E-state index in [2.05, 4.69) is 17.3 Å². The third kappa shape index (κ3) is 5.01. The van der Waals surface area contributed by atoms with Gasteiger partial charge in [0.2, 0.25) is 11.8 Å². The summed E-state index contributed by atoms with van der Waals surface area (Å²) in [5.74, 6) is 0.913. The fraction of sp³-hybridized carbons (Fsp3) is 0.619. The molecule has 1 heterocycles. The van der Waals surface area contributed by atoms with E-state index in [1.807, 2.05) is 29.2 Å². The molecular weight excluding hydrogens is 342 g/mol. The van der Waals surface area contributed by atoms with Crippen LogP contribution in [0.1, 0.15) is 37.2 Å². The Hall–Kier alpha value is -2.08. The van der Waals surface area contributed by atoms with Gasteiger partial charge in [0, 0.05) is 26.2 Å². The van der Waals surface area contributed by atoms with Gasteiger partial charge in [-0.1, -0.05) is 25.0 Å². The Kier molecular flexibility index (Phi) is 6.72. The molecule has 2 fully saturated rings. The van der Waals surface area contributed by atoms with Gasteiger partial charge < -0.3 is 19.9 Å². The molecule has 0 spiro atoms. The maximum atomic E-state index is 13.0. The number of rotatable bonds is 6. The Morgan fingerprint density at radius 3 is 2.33 bits per heavy atom. The lowest BCUT2D eigenvalue weighted by Gasteiger charge is -2.32. The van der Waals surface area contributed by atoms with Crippen LogP contribution in [0.3, 0.4) is 0 Å². The lowest BCUT2D eigenvalue weighted by molar-refractivity contribution is -0.134. The highest BCUT2D eigenvalue weighted by atomic mass is 16.5. The van der Waals surface area contributed by atoms with Crippen molar-refractivity contribution >= 4 is 11.8 Å².